The Hall–Kier alpha value is -4.99. The summed E-state index contributed by atoms with van der Waals surface area (Å²) in [4.78, 5) is 50.9. The van der Waals surface area contributed by atoms with Gasteiger partial charge in [0.15, 0.2) is 24.5 Å². The van der Waals surface area contributed by atoms with E-state index in [1.165, 1.54) is 27.7 Å². The fourth-order valence-corrected chi connectivity index (χ4v) is 6.95. The number of nitriles is 1. The van der Waals surface area contributed by atoms with Gasteiger partial charge in [-0.15, -0.1) is 11.3 Å². The molecule has 5 rings (SSSR count). The molecule has 0 radical (unpaired) electrons. The second kappa shape index (κ2) is 14.2. The molecule has 3 heterocycles. The molecule has 11 nitrogen and oxygen atoms in total. The van der Waals surface area contributed by atoms with E-state index in [1.54, 1.807) is 17.4 Å². The van der Waals surface area contributed by atoms with Crippen LogP contribution in [0.25, 0.3) is 21.3 Å². The van der Waals surface area contributed by atoms with Crippen LogP contribution in [-0.4, -0.2) is 59.5 Å². The average Bonchev–Trinajstić information content (AvgIpc) is 3.63. The normalized spacial score (nSPS) is 20.6. The second-order valence-electron chi connectivity index (χ2n) is 11.3. The monoisotopic (exact) mass is 658 g/mol. The van der Waals surface area contributed by atoms with Gasteiger partial charge in [0, 0.05) is 55.5 Å². The van der Waals surface area contributed by atoms with Crippen LogP contribution in [0.15, 0.2) is 60.8 Å². The third-order valence-corrected chi connectivity index (χ3v) is 8.82. The molecule has 0 aliphatic carbocycles. The first-order valence-electron chi connectivity index (χ1n) is 14.9. The molecule has 4 aromatic rings. The van der Waals surface area contributed by atoms with Crippen LogP contribution in [0.5, 0.6) is 0 Å². The first kappa shape index (κ1) is 33.4. The van der Waals surface area contributed by atoms with Gasteiger partial charge in [0.25, 0.3) is 0 Å². The van der Waals surface area contributed by atoms with Crippen molar-refractivity contribution in [2.75, 3.05) is 6.61 Å². The number of carbonyl (C=O) groups is 4. The Bertz CT molecular complexity index is 1870. The van der Waals surface area contributed by atoms with Crippen LogP contribution in [0.1, 0.15) is 55.5 Å². The van der Waals surface area contributed by atoms with E-state index in [0.29, 0.717) is 12.0 Å². The Balaban J connectivity index is 1.60. The number of fused-ring (bicyclic) bond motifs is 1. The molecule has 1 fully saturated rings. The maximum absolute atomic E-state index is 12.4. The van der Waals surface area contributed by atoms with Crippen molar-refractivity contribution in [3.05, 3.63) is 82.4 Å². The molecule has 0 amide bonds. The minimum absolute atomic E-state index is 0.315. The minimum atomic E-state index is -1.28. The van der Waals surface area contributed by atoms with Crippen molar-refractivity contribution < 1.29 is 42.9 Å². The molecule has 0 unspecified atom stereocenters. The molecule has 0 saturated carbocycles. The Labute approximate surface area is 275 Å². The number of aromatic nitrogens is 1. The topological polar surface area (TPSA) is 143 Å². The zero-order valence-electron chi connectivity index (χ0n) is 26.6. The smallest absolute Gasteiger partial charge is 0.303 e. The van der Waals surface area contributed by atoms with Crippen molar-refractivity contribution >= 4 is 46.1 Å². The largest absolute Gasteiger partial charge is 0.463 e. The number of thiophene rings is 1. The van der Waals surface area contributed by atoms with Gasteiger partial charge in [-0.2, -0.15) is 5.26 Å². The highest BCUT2D eigenvalue weighted by molar-refractivity contribution is 7.15. The lowest BCUT2D eigenvalue weighted by atomic mass is 9.97. The van der Waals surface area contributed by atoms with Crippen LogP contribution in [0, 0.1) is 18.3 Å². The van der Waals surface area contributed by atoms with Gasteiger partial charge in [0.1, 0.15) is 12.7 Å². The summed E-state index contributed by atoms with van der Waals surface area (Å²) >= 11 is 1.62. The quantitative estimate of drug-likeness (QED) is 0.170. The standard InChI is InChI=1S/C35H34N2O9S/c1-19-8-6-11-28-31(19)26(15-27-12-13-30(47-27)25-10-7-9-24(14-25)16-36)17-37(28)35-34(45-23(5)41)33(44-22(4)40)32(43-21(3)39)29(46-35)18-42-20(2)38/h6-14,17,29,32-35H,15,18H2,1-5H3/t29-,32-,33+,34-,35-/m1/s1. The molecular formula is C35H34N2O9S. The molecule has 12 heteroatoms. The third-order valence-electron chi connectivity index (χ3n) is 7.69. The fraction of sp³-hybridized carbons (Fsp3) is 0.343. The van der Waals surface area contributed by atoms with Crippen LogP contribution in [0.3, 0.4) is 0 Å². The summed E-state index contributed by atoms with van der Waals surface area (Å²) in [6.07, 6.45) is -3.44. The van der Waals surface area contributed by atoms with Crippen LogP contribution >= 0.6 is 11.3 Å². The van der Waals surface area contributed by atoms with Crippen molar-refractivity contribution in [2.45, 2.75) is 71.7 Å². The maximum atomic E-state index is 12.4. The van der Waals surface area contributed by atoms with E-state index in [4.69, 9.17) is 23.7 Å². The van der Waals surface area contributed by atoms with Crippen molar-refractivity contribution in [3.63, 3.8) is 0 Å². The highest BCUT2D eigenvalue weighted by atomic mass is 32.1. The van der Waals surface area contributed by atoms with Crippen LogP contribution < -0.4 is 0 Å². The van der Waals surface area contributed by atoms with E-state index in [9.17, 15) is 24.4 Å². The Morgan fingerprint density at radius 1 is 0.872 bits per heavy atom. The number of carbonyl (C=O) groups excluding carboxylic acids is 4. The van der Waals surface area contributed by atoms with E-state index in [1.807, 2.05) is 60.2 Å². The van der Waals surface area contributed by atoms with Crippen LogP contribution in [0.2, 0.25) is 0 Å². The number of rotatable bonds is 9. The molecular weight excluding hydrogens is 624 g/mol. The van der Waals surface area contributed by atoms with E-state index >= 15 is 0 Å². The molecule has 0 N–H and O–H groups in total. The molecule has 0 bridgehead atoms. The summed E-state index contributed by atoms with van der Waals surface area (Å²) in [5, 5.41) is 10.3. The molecule has 2 aromatic carbocycles. The number of hydrogen-bond acceptors (Lipinski definition) is 11. The molecule has 0 spiro atoms. The predicted molar refractivity (Wildman–Crippen MR) is 171 cm³/mol. The number of ether oxygens (including phenoxy) is 5. The highest BCUT2D eigenvalue weighted by Gasteiger charge is 2.53. The molecule has 1 aliphatic heterocycles. The number of aryl methyl sites for hydroxylation is 1. The Morgan fingerprint density at radius 2 is 1.55 bits per heavy atom. The van der Waals surface area contributed by atoms with E-state index < -0.39 is 54.5 Å². The average molecular weight is 659 g/mol. The number of benzene rings is 2. The number of nitrogens with zero attached hydrogens (tertiary/aromatic N) is 2. The zero-order chi connectivity index (χ0) is 33.8. The van der Waals surface area contributed by atoms with Crippen molar-refractivity contribution in [3.8, 4) is 16.5 Å². The van der Waals surface area contributed by atoms with Gasteiger partial charge in [-0.25, -0.2) is 0 Å². The Morgan fingerprint density at radius 3 is 2.23 bits per heavy atom. The minimum Gasteiger partial charge on any atom is -0.463 e. The van der Waals surface area contributed by atoms with Gasteiger partial charge in [0.2, 0.25) is 0 Å². The van der Waals surface area contributed by atoms with Crippen molar-refractivity contribution in [2.24, 2.45) is 0 Å². The molecule has 5 atom stereocenters. The van der Waals surface area contributed by atoms with Gasteiger partial charge >= 0.3 is 23.9 Å². The SMILES string of the molecule is CC(=O)OC[C@H]1O[C@@H](n2cc(Cc3ccc(-c4cccc(C#N)c4)s3)c3c(C)cccc32)[C@H](OC(C)=O)[C@@H](OC(C)=O)[C@@H]1OC(C)=O. The molecule has 2 aromatic heterocycles. The van der Waals surface area contributed by atoms with Gasteiger partial charge in [-0.3, -0.25) is 19.2 Å². The lowest BCUT2D eigenvalue weighted by Gasteiger charge is -2.44. The van der Waals surface area contributed by atoms with Crippen LogP contribution in [-0.2, 0) is 49.3 Å². The lowest BCUT2D eigenvalue weighted by molar-refractivity contribution is -0.267. The third kappa shape index (κ3) is 7.53. The molecule has 47 heavy (non-hydrogen) atoms. The van der Waals surface area contributed by atoms with Crippen molar-refractivity contribution in [1.29, 1.82) is 5.26 Å². The second-order valence-corrected chi connectivity index (χ2v) is 12.4. The summed E-state index contributed by atoms with van der Waals surface area (Å²) in [7, 11) is 0. The van der Waals surface area contributed by atoms with E-state index in [0.717, 1.165) is 37.3 Å². The molecule has 1 aliphatic rings. The van der Waals surface area contributed by atoms with E-state index in [2.05, 4.69) is 12.1 Å². The summed E-state index contributed by atoms with van der Waals surface area (Å²) < 4.78 is 30.5. The number of esters is 4. The summed E-state index contributed by atoms with van der Waals surface area (Å²) in [5.41, 5.74) is 4.27. The summed E-state index contributed by atoms with van der Waals surface area (Å²) in [5.74, 6) is -2.64. The van der Waals surface area contributed by atoms with Gasteiger partial charge in [-0.1, -0.05) is 24.3 Å². The maximum Gasteiger partial charge on any atom is 0.303 e. The van der Waals surface area contributed by atoms with Crippen LogP contribution in [0.4, 0.5) is 0 Å². The fourth-order valence-electron chi connectivity index (χ4n) is 5.92. The van der Waals surface area contributed by atoms with Gasteiger partial charge in [-0.05, 0) is 53.9 Å². The summed E-state index contributed by atoms with van der Waals surface area (Å²) in [6, 6.07) is 19.5. The predicted octanol–water partition coefficient (Wildman–Crippen LogP) is 5.40. The Kier molecular flexibility index (Phi) is 10.1. The van der Waals surface area contributed by atoms with Gasteiger partial charge in [0.05, 0.1) is 17.1 Å². The highest BCUT2D eigenvalue weighted by Crippen LogP contribution is 2.39. The molecule has 1 saturated heterocycles. The lowest BCUT2D eigenvalue weighted by Crippen LogP contribution is -2.60. The zero-order valence-corrected chi connectivity index (χ0v) is 27.4. The first-order chi connectivity index (χ1) is 22.4. The first-order valence-corrected chi connectivity index (χ1v) is 15.8. The van der Waals surface area contributed by atoms with Crippen molar-refractivity contribution in [1.82, 2.24) is 4.57 Å². The number of hydrogen-bond donors (Lipinski definition) is 0. The summed E-state index contributed by atoms with van der Waals surface area (Å²) in [6.45, 7) is 6.51. The van der Waals surface area contributed by atoms with Gasteiger partial charge < -0.3 is 28.3 Å². The van der Waals surface area contributed by atoms with E-state index in [-0.39, 0.29) is 6.61 Å². The molecule has 244 valence electrons.